The first-order valence-electron chi connectivity index (χ1n) is 6.89. The molecule has 0 heterocycles. The third-order valence-electron chi connectivity index (χ3n) is 5.28. The summed E-state index contributed by atoms with van der Waals surface area (Å²) >= 11 is 0. The molecule has 0 saturated heterocycles. The van der Waals surface area contributed by atoms with Gasteiger partial charge in [-0.1, -0.05) is 26.0 Å². The molecule has 2 aliphatic carbocycles. The van der Waals surface area contributed by atoms with Gasteiger partial charge in [-0.2, -0.15) is 0 Å². The summed E-state index contributed by atoms with van der Waals surface area (Å²) in [6, 6.07) is 0. The van der Waals surface area contributed by atoms with Crippen molar-refractivity contribution in [2.45, 2.75) is 64.1 Å². The second kappa shape index (κ2) is 4.10. The summed E-state index contributed by atoms with van der Waals surface area (Å²) < 4.78 is 0. The predicted molar refractivity (Wildman–Crippen MR) is 69.6 cm³/mol. The zero-order valence-electron chi connectivity index (χ0n) is 11.4. The molecule has 0 amide bonds. The van der Waals surface area contributed by atoms with Gasteiger partial charge in [-0.25, -0.2) is 0 Å². The van der Waals surface area contributed by atoms with Crippen molar-refractivity contribution in [1.29, 1.82) is 0 Å². The fraction of sp³-hybridized carbons (Fsp3) is 0.867. The third kappa shape index (κ3) is 2.06. The summed E-state index contributed by atoms with van der Waals surface area (Å²) in [5.41, 5.74) is 0.0194. The zero-order chi connectivity index (χ0) is 12.8. The summed E-state index contributed by atoms with van der Waals surface area (Å²) in [4.78, 5) is 0. The normalized spacial score (nSPS) is 47.1. The van der Waals surface area contributed by atoms with E-state index in [1.165, 1.54) is 5.57 Å². The lowest BCUT2D eigenvalue weighted by Crippen LogP contribution is -2.58. The van der Waals surface area contributed by atoms with E-state index in [2.05, 4.69) is 20.4 Å². The van der Waals surface area contributed by atoms with Crippen LogP contribution in [-0.4, -0.2) is 21.4 Å². The van der Waals surface area contributed by atoms with Crippen LogP contribution >= 0.6 is 0 Å². The van der Waals surface area contributed by atoms with Gasteiger partial charge in [0, 0.05) is 0 Å². The molecular weight excluding hydrogens is 212 g/mol. The standard InChI is InChI=1S/C15H26O2/c1-10(2)15(17)8-7-14(4,16)12-6-5-11(3)9-13(12)15/h10,12-13,16-17H,3,5-9H2,1-2,4H3/t12-,13-,14-,15-/m0/s1. The highest BCUT2D eigenvalue weighted by Crippen LogP contribution is 2.53. The zero-order valence-corrected chi connectivity index (χ0v) is 11.4. The lowest BCUT2D eigenvalue weighted by molar-refractivity contribution is -0.180. The molecule has 0 spiro atoms. The summed E-state index contributed by atoms with van der Waals surface area (Å²) in [5, 5.41) is 21.5. The van der Waals surface area contributed by atoms with Gasteiger partial charge in [-0.05, 0) is 56.8 Å². The summed E-state index contributed by atoms with van der Waals surface area (Å²) in [5.74, 6) is 0.665. The molecule has 0 aromatic carbocycles. The summed E-state index contributed by atoms with van der Waals surface area (Å²) in [6.07, 6.45) is 4.30. The Hall–Kier alpha value is -0.340. The lowest BCUT2D eigenvalue weighted by atomic mass is 9.54. The van der Waals surface area contributed by atoms with Gasteiger partial charge in [-0.3, -0.25) is 0 Å². The van der Waals surface area contributed by atoms with E-state index >= 15 is 0 Å². The Kier molecular flexibility index (Phi) is 3.16. The third-order valence-corrected chi connectivity index (χ3v) is 5.28. The van der Waals surface area contributed by atoms with E-state index in [1.54, 1.807) is 0 Å². The highest BCUT2D eigenvalue weighted by Gasteiger charge is 2.54. The Balaban J connectivity index is 2.32. The van der Waals surface area contributed by atoms with Gasteiger partial charge in [0.1, 0.15) is 0 Å². The van der Waals surface area contributed by atoms with Crippen LogP contribution in [0.5, 0.6) is 0 Å². The van der Waals surface area contributed by atoms with Crippen molar-refractivity contribution in [1.82, 2.24) is 0 Å². The van der Waals surface area contributed by atoms with Gasteiger partial charge in [0.15, 0.2) is 0 Å². The van der Waals surface area contributed by atoms with E-state index in [0.717, 1.165) is 25.7 Å². The number of hydrogen-bond donors (Lipinski definition) is 2. The molecule has 0 aromatic heterocycles. The molecule has 2 aliphatic rings. The van der Waals surface area contributed by atoms with Crippen LogP contribution in [0.3, 0.4) is 0 Å². The number of aliphatic hydroxyl groups is 2. The van der Waals surface area contributed by atoms with E-state index in [9.17, 15) is 10.2 Å². The molecule has 0 aliphatic heterocycles. The van der Waals surface area contributed by atoms with E-state index in [1.807, 2.05) is 6.92 Å². The minimum Gasteiger partial charge on any atom is -0.390 e. The molecule has 98 valence electrons. The van der Waals surface area contributed by atoms with Crippen LogP contribution in [0.4, 0.5) is 0 Å². The first kappa shape index (κ1) is 13.1. The van der Waals surface area contributed by atoms with Crippen molar-refractivity contribution < 1.29 is 10.2 Å². The quantitative estimate of drug-likeness (QED) is 0.690. The second-order valence-corrected chi connectivity index (χ2v) is 6.71. The number of rotatable bonds is 1. The fourth-order valence-electron chi connectivity index (χ4n) is 3.93. The molecule has 2 nitrogen and oxygen atoms in total. The van der Waals surface area contributed by atoms with E-state index < -0.39 is 11.2 Å². The summed E-state index contributed by atoms with van der Waals surface area (Å²) in [7, 11) is 0. The van der Waals surface area contributed by atoms with Gasteiger partial charge < -0.3 is 10.2 Å². The number of allylic oxidation sites excluding steroid dienone is 1. The average molecular weight is 238 g/mol. The second-order valence-electron chi connectivity index (χ2n) is 6.71. The van der Waals surface area contributed by atoms with Crippen LogP contribution in [0.25, 0.3) is 0 Å². The van der Waals surface area contributed by atoms with Crippen LogP contribution in [0, 0.1) is 17.8 Å². The lowest BCUT2D eigenvalue weighted by Gasteiger charge is -2.55. The minimum absolute atomic E-state index is 0.188. The Morgan fingerprint density at radius 2 is 1.88 bits per heavy atom. The van der Waals surface area contributed by atoms with Gasteiger partial charge in [0.05, 0.1) is 11.2 Å². The Bertz CT molecular complexity index is 319. The molecule has 2 fully saturated rings. The van der Waals surface area contributed by atoms with Crippen LogP contribution in [0.15, 0.2) is 12.2 Å². The predicted octanol–water partition coefficient (Wildman–Crippen LogP) is 2.89. The molecule has 17 heavy (non-hydrogen) atoms. The smallest absolute Gasteiger partial charge is 0.0706 e. The van der Waals surface area contributed by atoms with Crippen LogP contribution in [0.1, 0.15) is 52.9 Å². The maximum absolute atomic E-state index is 10.9. The van der Waals surface area contributed by atoms with Crippen LogP contribution in [-0.2, 0) is 0 Å². The monoisotopic (exact) mass is 238 g/mol. The van der Waals surface area contributed by atoms with Gasteiger partial charge in [0.25, 0.3) is 0 Å². The molecule has 0 unspecified atom stereocenters. The molecule has 0 bridgehead atoms. The van der Waals surface area contributed by atoms with E-state index in [0.29, 0.717) is 6.42 Å². The highest BCUT2D eigenvalue weighted by atomic mass is 16.3. The Morgan fingerprint density at radius 3 is 2.47 bits per heavy atom. The van der Waals surface area contributed by atoms with Gasteiger partial charge in [-0.15, -0.1) is 0 Å². The van der Waals surface area contributed by atoms with Crippen molar-refractivity contribution in [3.05, 3.63) is 12.2 Å². The van der Waals surface area contributed by atoms with Crippen LogP contribution in [0.2, 0.25) is 0 Å². The maximum Gasteiger partial charge on any atom is 0.0706 e. The van der Waals surface area contributed by atoms with Crippen molar-refractivity contribution in [3.8, 4) is 0 Å². The maximum atomic E-state index is 10.9. The van der Waals surface area contributed by atoms with Crippen LogP contribution < -0.4 is 0 Å². The average Bonchev–Trinajstić information content (AvgIpc) is 2.24. The molecule has 0 radical (unpaired) electrons. The van der Waals surface area contributed by atoms with Crippen molar-refractivity contribution >= 4 is 0 Å². The molecule has 2 rings (SSSR count). The molecule has 2 heteroatoms. The molecule has 2 saturated carbocycles. The van der Waals surface area contributed by atoms with Gasteiger partial charge in [0.2, 0.25) is 0 Å². The Labute approximate surface area is 105 Å². The van der Waals surface area contributed by atoms with Crippen molar-refractivity contribution in [2.24, 2.45) is 17.8 Å². The Morgan fingerprint density at radius 1 is 1.24 bits per heavy atom. The van der Waals surface area contributed by atoms with E-state index in [-0.39, 0.29) is 17.8 Å². The minimum atomic E-state index is -0.615. The molecular formula is C15H26O2. The fourth-order valence-corrected chi connectivity index (χ4v) is 3.93. The molecule has 4 atom stereocenters. The number of hydrogen-bond acceptors (Lipinski definition) is 2. The highest BCUT2D eigenvalue weighted by molar-refractivity contribution is 5.13. The topological polar surface area (TPSA) is 40.5 Å². The SMILES string of the molecule is C=C1CC[C@H]2[C@H](C1)[C@@](O)(C(C)C)CC[C@]2(C)O. The summed E-state index contributed by atoms with van der Waals surface area (Å²) in [6.45, 7) is 10.2. The van der Waals surface area contributed by atoms with Gasteiger partial charge >= 0.3 is 0 Å². The first-order chi connectivity index (χ1) is 7.77. The van der Waals surface area contributed by atoms with Crippen molar-refractivity contribution in [2.75, 3.05) is 0 Å². The van der Waals surface area contributed by atoms with Crippen molar-refractivity contribution in [3.63, 3.8) is 0 Å². The molecule has 0 aromatic rings. The first-order valence-corrected chi connectivity index (χ1v) is 6.89. The number of fused-ring (bicyclic) bond motifs is 1. The van der Waals surface area contributed by atoms with E-state index in [4.69, 9.17) is 0 Å². The largest absolute Gasteiger partial charge is 0.390 e. The molecule has 2 N–H and O–H groups in total.